The minimum absolute atomic E-state index is 0.0830. The van der Waals surface area contributed by atoms with Crippen molar-refractivity contribution < 1.29 is 9.72 Å². The maximum absolute atomic E-state index is 11.8. The molecule has 0 aliphatic carbocycles. The molecule has 108 valence electrons. The highest BCUT2D eigenvalue weighted by molar-refractivity contribution is 6.33. The van der Waals surface area contributed by atoms with Crippen molar-refractivity contribution in [2.24, 2.45) is 0 Å². The number of hydrogen-bond donors (Lipinski definition) is 1. The molecule has 0 atom stereocenters. The van der Waals surface area contributed by atoms with Crippen LogP contribution in [-0.4, -0.2) is 35.4 Å². The number of para-hydroxylation sites is 1. The lowest BCUT2D eigenvalue weighted by molar-refractivity contribution is -0.383. The summed E-state index contributed by atoms with van der Waals surface area (Å²) in [6, 6.07) is 4.70. The molecule has 0 unspecified atom stereocenters. The van der Waals surface area contributed by atoms with Crippen LogP contribution in [0.5, 0.6) is 0 Å². The third-order valence-electron chi connectivity index (χ3n) is 3.28. The molecule has 20 heavy (non-hydrogen) atoms. The van der Waals surface area contributed by atoms with Gasteiger partial charge in [0.1, 0.15) is 10.7 Å². The molecule has 7 heteroatoms. The number of nitrogens with one attached hydrogen (secondary N) is 1. The zero-order chi connectivity index (χ0) is 14.5. The number of likely N-dealkylation sites (tertiary alicyclic amines) is 1. The first-order valence-corrected chi connectivity index (χ1v) is 6.92. The van der Waals surface area contributed by atoms with Gasteiger partial charge in [0, 0.05) is 26.1 Å². The van der Waals surface area contributed by atoms with E-state index in [0.29, 0.717) is 18.7 Å². The number of carbonyl (C=O) groups excluding carboxylic acids is 1. The Morgan fingerprint density at radius 1 is 1.40 bits per heavy atom. The van der Waals surface area contributed by atoms with Gasteiger partial charge in [0.2, 0.25) is 5.91 Å². The number of nitrogens with zero attached hydrogens (tertiary/aromatic N) is 2. The van der Waals surface area contributed by atoms with E-state index in [-0.39, 0.29) is 16.6 Å². The Labute approximate surface area is 121 Å². The predicted octanol–water partition coefficient (Wildman–Crippen LogP) is 2.67. The van der Waals surface area contributed by atoms with Crippen molar-refractivity contribution in [2.45, 2.75) is 19.3 Å². The Balaban J connectivity index is 1.92. The highest BCUT2D eigenvalue weighted by Gasteiger charge is 2.20. The summed E-state index contributed by atoms with van der Waals surface area (Å²) in [6.45, 7) is 1.99. The summed E-state index contributed by atoms with van der Waals surface area (Å²) < 4.78 is 0. The molecule has 1 heterocycles. The monoisotopic (exact) mass is 297 g/mol. The zero-order valence-electron chi connectivity index (χ0n) is 11.0. The average molecular weight is 298 g/mol. The van der Waals surface area contributed by atoms with Gasteiger partial charge < -0.3 is 10.2 Å². The van der Waals surface area contributed by atoms with Gasteiger partial charge >= 0.3 is 5.69 Å². The molecule has 1 aliphatic rings. The number of rotatable bonds is 5. The highest BCUT2D eigenvalue weighted by Crippen LogP contribution is 2.32. The number of nitro groups is 1. The van der Waals surface area contributed by atoms with Gasteiger partial charge in [-0.3, -0.25) is 14.9 Å². The maximum atomic E-state index is 11.8. The molecule has 1 aromatic carbocycles. The third-order valence-corrected chi connectivity index (χ3v) is 3.59. The van der Waals surface area contributed by atoms with Crippen LogP contribution in [-0.2, 0) is 4.79 Å². The zero-order valence-corrected chi connectivity index (χ0v) is 11.7. The molecule has 1 fully saturated rings. The van der Waals surface area contributed by atoms with Crippen molar-refractivity contribution in [1.82, 2.24) is 4.90 Å². The van der Waals surface area contributed by atoms with Gasteiger partial charge in [0.25, 0.3) is 0 Å². The standard InChI is InChI=1S/C13H16ClN3O3/c14-10-4-3-5-11(13(10)17(19)20)15-7-6-12(18)16-8-1-2-9-16/h3-5,15H,1-2,6-9H2. The van der Waals surface area contributed by atoms with Crippen molar-refractivity contribution >= 4 is 28.9 Å². The van der Waals surface area contributed by atoms with Gasteiger partial charge in [-0.25, -0.2) is 0 Å². The summed E-state index contributed by atoms with van der Waals surface area (Å²) >= 11 is 5.81. The quantitative estimate of drug-likeness (QED) is 0.669. The minimum atomic E-state index is -0.521. The Morgan fingerprint density at radius 2 is 2.10 bits per heavy atom. The Hall–Kier alpha value is -1.82. The van der Waals surface area contributed by atoms with Crippen LogP contribution in [0.3, 0.4) is 0 Å². The third kappa shape index (κ3) is 3.39. The minimum Gasteiger partial charge on any atom is -0.379 e. The van der Waals surface area contributed by atoms with Crippen molar-refractivity contribution in [3.63, 3.8) is 0 Å². The molecule has 0 bridgehead atoms. The van der Waals surface area contributed by atoms with E-state index >= 15 is 0 Å². The van der Waals surface area contributed by atoms with Gasteiger partial charge in [-0.15, -0.1) is 0 Å². The summed E-state index contributed by atoms with van der Waals surface area (Å²) in [5.74, 6) is 0.0830. The van der Waals surface area contributed by atoms with Crippen molar-refractivity contribution in [1.29, 1.82) is 0 Å². The van der Waals surface area contributed by atoms with Crippen molar-refractivity contribution in [3.05, 3.63) is 33.3 Å². The maximum Gasteiger partial charge on any atom is 0.310 e. The normalized spacial score (nSPS) is 14.3. The van der Waals surface area contributed by atoms with Gasteiger partial charge in [0.15, 0.2) is 0 Å². The summed E-state index contributed by atoms with van der Waals surface area (Å²) in [7, 11) is 0. The van der Waals surface area contributed by atoms with E-state index in [4.69, 9.17) is 11.6 Å². The topological polar surface area (TPSA) is 75.5 Å². The fourth-order valence-corrected chi connectivity index (χ4v) is 2.52. The lowest BCUT2D eigenvalue weighted by Crippen LogP contribution is -2.29. The van der Waals surface area contributed by atoms with Crippen LogP contribution in [0.1, 0.15) is 19.3 Å². The van der Waals surface area contributed by atoms with Crippen molar-refractivity contribution in [2.75, 3.05) is 25.0 Å². The number of halogens is 1. The van der Waals surface area contributed by atoms with E-state index in [2.05, 4.69) is 5.32 Å². The number of anilines is 1. The van der Waals surface area contributed by atoms with E-state index in [1.165, 1.54) is 6.07 Å². The number of carbonyl (C=O) groups is 1. The van der Waals surface area contributed by atoms with Crippen molar-refractivity contribution in [3.8, 4) is 0 Å². The van der Waals surface area contributed by atoms with Crippen LogP contribution in [0.25, 0.3) is 0 Å². The largest absolute Gasteiger partial charge is 0.379 e. The second-order valence-corrected chi connectivity index (χ2v) is 5.06. The SMILES string of the molecule is O=C(CCNc1cccc(Cl)c1[N+](=O)[O-])N1CCCC1. The first-order valence-electron chi connectivity index (χ1n) is 6.54. The number of amides is 1. The fraction of sp³-hybridized carbons (Fsp3) is 0.462. The number of nitro benzene ring substituents is 1. The van der Waals surface area contributed by atoms with E-state index in [9.17, 15) is 14.9 Å². The number of benzene rings is 1. The van der Waals surface area contributed by atoms with E-state index in [0.717, 1.165) is 25.9 Å². The summed E-state index contributed by atoms with van der Waals surface area (Å²) in [5, 5.41) is 14.0. The molecule has 0 spiro atoms. The fourth-order valence-electron chi connectivity index (χ4n) is 2.27. The summed E-state index contributed by atoms with van der Waals surface area (Å²) in [5.41, 5.74) is 0.194. The smallest absolute Gasteiger partial charge is 0.310 e. The molecule has 0 radical (unpaired) electrons. The van der Waals surface area contributed by atoms with Crippen LogP contribution in [0.2, 0.25) is 5.02 Å². The molecule has 2 rings (SSSR count). The molecule has 1 saturated heterocycles. The predicted molar refractivity (Wildman–Crippen MR) is 77.0 cm³/mol. The van der Waals surface area contributed by atoms with Gasteiger partial charge in [-0.1, -0.05) is 17.7 Å². The number of hydrogen-bond acceptors (Lipinski definition) is 4. The molecule has 6 nitrogen and oxygen atoms in total. The molecule has 0 aromatic heterocycles. The summed E-state index contributed by atoms with van der Waals surface area (Å²) in [4.78, 5) is 24.1. The molecule has 0 saturated carbocycles. The van der Waals surface area contributed by atoms with Crippen LogP contribution in [0, 0.1) is 10.1 Å². The molecular weight excluding hydrogens is 282 g/mol. The molecular formula is C13H16ClN3O3. The van der Waals surface area contributed by atoms with Gasteiger partial charge in [-0.2, -0.15) is 0 Å². The van der Waals surface area contributed by atoms with Crippen LogP contribution in [0.4, 0.5) is 11.4 Å². The Bertz CT molecular complexity index is 516. The highest BCUT2D eigenvalue weighted by atomic mass is 35.5. The van der Waals surface area contributed by atoms with Crippen LogP contribution >= 0.6 is 11.6 Å². The van der Waals surface area contributed by atoms with Gasteiger partial charge in [-0.05, 0) is 25.0 Å². The molecule has 1 aliphatic heterocycles. The lowest BCUT2D eigenvalue weighted by atomic mass is 10.2. The van der Waals surface area contributed by atoms with Gasteiger partial charge in [0.05, 0.1) is 4.92 Å². The van der Waals surface area contributed by atoms with E-state index in [1.807, 2.05) is 4.90 Å². The van der Waals surface area contributed by atoms with E-state index < -0.39 is 4.92 Å². The Kier molecular flexibility index (Phi) is 4.79. The molecule has 1 aromatic rings. The lowest BCUT2D eigenvalue weighted by Gasteiger charge is -2.15. The van der Waals surface area contributed by atoms with E-state index in [1.54, 1.807) is 12.1 Å². The Morgan fingerprint density at radius 3 is 2.75 bits per heavy atom. The van der Waals surface area contributed by atoms with Crippen LogP contribution in [0.15, 0.2) is 18.2 Å². The first-order chi connectivity index (χ1) is 9.59. The second-order valence-electron chi connectivity index (χ2n) is 4.66. The second kappa shape index (κ2) is 6.56. The summed E-state index contributed by atoms with van der Waals surface area (Å²) in [6.07, 6.45) is 2.43. The van der Waals surface area contributed by atoms with Crippen LogP contribution < -0.4 is 5.32 Å². The molecule has 1 N–H and O–H groups in total. The first kappa shape index (κ1) is 14.6. The average Bonchev–Trinajstić information content (AvgIpc) is 2.92. The molecule has 1 amide bonds.